The summed E-state index contributed by atoms with van der Waals surface area (Å²) in [6.45, 7) is 2.64. The smallest absolute Gasteiger partial charge is 0.414 e. The SMILES string of the molecule is Cc1ccc(C=CS(=O)(=O)Nc2ccccc2N2CCOC2=O)cc1. The Morgan fingerprint density at radius 1 is 1.12 bits per heavy atom. The number of ether oxygens (including phenoxy) is 1. The van der Waals surface area contributed by atoms with Gasteiger partial charge in [0.05, 0.1) is 23.3 Å². The standard InChI is InChI=1S/C18H18N2O4S/c1-14-6-8-15(9-7-14)10-13-25(22,23)19-16-4-2-3-5-17(16)20-11-12-24-18(20)21/h2-10,13,19H,11-12H2,1H3. The molecular weight excluding hydrogens is 340 g/mol. The molecule has 7 heteroatoms. The van der Waals surface area contributed by atoms with Crippen molar-refractivity contribution >= 4 is 33.6 Å². The van der Waals surface area contributed by atoms with E-state index in [-0.39, 0.29) is 6.61 Å². The molecule has 0 atom stereocenters. The number of benzene rings is 2. The minimum absolute atomic E-state index is 0.285. The van der Waals surface area contributed by atoms with Crippen molar-refractivity contribution in [3.05, 3.63) is 65.1 Å². The highest BCUT2D eigenvalue weighted by atomic mass is 32.2. The van der Waals surface area contributed by atoms with Crippen LogP contribution in [0.4, 0.5) is 16.2 Å². The third-order valence-corrected chi connectivity index (χ3v) is 4.72. The molecule has 0 bridgehead atoms. The first kappa shape index (κ1) is 17.0. The van der Waals surface area contributed by atoms with Crippen molar-refractivity contribution in [2.75, 3.05) is 22.8 Å². The molecule has 0 saturated carbocycles. The Morgan fingerprint density at radius 3 is 2.52 bits per heavy atom. The first-order chi connectivity index (χ1) is 11.9. The van der Waals surface area contributed by atoms with Crippen LogP contribution in [0.1, 0.15) is 11.1 Å². The van der Waals surface area contributed by atoms with Gasteiger partial charge in [-0.05, 0) is 30.7 Å². The number of hydrogen-bond donors (Lipinski definition) is 1. The minimum Gasteiger partial charge on any atom is -0.447 e. The molecule has 1 N–H and O–H groups in total. The number of nitrogens with zero attached hydrogens (tertiary/aromatic N) is 1. The molecule has 1 aliphatic rings. The Balaban J connectivity index is 1.81. The van der Waals surface area contributed by atoms with Crippen LogP contribution in [0.25, 0.3) is 6.08 Å². The monoisotopic (exact) mass is 358 g/mol. The lowest BCUT2D eigenvalue weighted by atomic mass is 10.2. The Morgan fingerprint density at radius 2 is 1.84 bits per heavy atom. The summed E-state index contributed by atoms with van der Waals surface area (Å²) in [5.74, 6) is 0. The normalized spacial score (nSPS) is 14.8. The van der Waals surface area contributed by atoms with E-state index in [4.69, 9.17) is 4.74 Å². The maximum Gasteiger partial charge on any atom is 0.414 e. The maximum atomic E-state index is 12.4. The van der Waals surface area contributed by atoms with Gasteiger partial charge in [0.1, 0.15) is 6.61 Å². The van der Waals surface area contributed by atoms with Crippen LogP contribution in [-0.2, 0) is 14.8 Å². The first-order valence-electron chi connectivity index (χ1n) is 7.75. The van der Waals surface area contributed by atoms with E-state index in [1.807, 2.05) is 31.2 Å². The van der Waals surface area contributed by atoms with E-state index in [1.54, 1.807) is 24.3 Å². The van der Waals surface area contributed by atoms with E-state index in [1.165, 1.54) is 11.0 Å². The predicted octanol–water partition coefficient (Wildman–Crippen LogP) is 3.36. The second-order valence-electron chi connectivity index (χ2n) is 5.64. The molecule has 1 amide bonds. The fourth-order valence-electron chi connectivity index (χ4n) is 2.44. The zero-order valence-electron chi connectivity index (χ0n) is 13.7. The molecule has 0 radical (unpaired) electrons. The Bertz CT molecular complexity index is 905. The third-order valence-electron chi connectivity index (χ3n) is 3.72. The average Bonchev–Trinajstić information content (AvgIpc) is 3.00. The zero-order valence-corrected chi connectivity index (χ0v) is 14.5. The minimum atomic E-state index is -3.72. The summed E-state index contributed by atoms with van der Waals surface area (Å²) in [5.41, 5.74) is 2.68. The van der Waals surface area contributed by atoms with Crippen LogP contribution in [0, 0.1) is 6.92 Å². The summed E-state index contributed by atoms with van der Waals surface area (Å²) >= 11 is 0. The molecule has 0 aliphatic carbocycles. The van der Waals surface area contributed by atoms with E-state index in [9.17, 15) is 13.2 Å². The van der Waals surface area contributed by atoms with Crippen LogP contribution in [0.2, 0.25) is 0 Å². The van der Waals surface area contributed by atoms with Crippen LogP contribution in [-0.4, -0.2) is 27.7 Å². The number of rotatable bonds is 5. The Labute approximate surface area is 146 Å². The molecule has 1 fully saturated rings. The van der Waals surface area contributed by atoms with Crippen molar-refractivity contribution < 1.29 is 17.9 Å². The predicted molar refractivity (Wildman–Crippen MR) is 97.9 cm³/mol. The van der Waals surface area contributed by atoms with E-state index < -0.39 is 16.1 Å². The number of para-hydroxylation sites is 2. The molecule has 0 spiro atoms. The van der Waals surface area contributed by atoms with E-state index in [0.29, 0.717) is 17.9 Å². The van der Waals surface area contributed by atoms with Crippen LogP contribution < -0.4 is 9.62 Å². The van der Waals surface area contributed by atoms with Gasteiger partial charge in [-0.3, -0.25) is 9.62 Å². The summed E-state index contributed by atoms with van der Waals surface area (Å²) < 4.78 is 32.1. The maximum absolute atomic E-state index is 12.4. The second-order valence-corrected chi connectivity index (χ2v) is 7.21. The van der Waals surface area contributed by atoms with Gasteiger partial charge < -0.3 is 4.74 Å². The number of carbonyl (C=O) groups excluding carboxylic acids is 1. The summed E-state index contributed by atoms with van der Waals surface area (Å²) in [5, 5.41) is 1.11. The number of carbonyl (C=O) groups is 1. The molecule has 25 heavy (non-hydrogen) atoms. The van der Waals surface area contributed by atoms with E-state index >= 15 is 0 Å². The van der Waals surface area contributed by atoms with Gasteiger partial charge in [0.15, 0.2) is 0 Å². The lowest BCUT2D eigenvalue weighted by Crippen LogP contribution is -2.25. The fourth-order valence-corrected chi connectivity index (χ4v) is 3.32. The van der Waals surface area contributed by atoms with Crippen LogP contribution in [0.15, 0.2) is 53.9 Å². The van der Waals surface area contributed by atoms with Gasteiger partial charge >= 0.3 is 6.09 Å². The van der Waals surface area contributed by atoms with Crippen LogP contribution >= 0.6 is 0 Å². The van der Waals surface area contributed by atoms with Gasteiger partial charge in [-0.1, -0.05) is 42.0 Å². The van der Waals surface area contributed by atoms with Gasteiger partial charge in [-0.2, -0.15) is 0 Å². The first-order valence-corrected chi connectivity index (χ1v) is 9.30. The fraction of sp³-hybridized carbons (Fsp3) is 0.167. The quantitative estimate of drug-likeness (QED) is 0.889. The number of amides is 1. The highest BCUT2D eigenvalue weighted by Gasteiger charge is 2.26. The van der Waals surface area contributed by atoms with Crippen molar-refractivity contribution in [3.63, 3.8) is 0 Å². The molecule has 2 aromatic carbocycles. The lowest BCUT2D eigenvalue weighted by Gasteiger charge is -2.17. The van der Waals surface area contributed by atoms with E-state index in [0.717, 1.165) is 16.5 Å². The highest BCUT2D eigenvalue weighted by molar-refractivity contribution is 7.95. The molecule has 1 heterocycles. The average molecular weight is 358 g/mol. The summed E-state index contributed by atoms with van der Waals surface area (Å²) in [6, 6.07) is 14.2. The van der Waals surface area contributed by atoms with Crippen LogP contribution in [0.5, 0.6) is 0 Å². The second kappa shape index (κ2) is 6.98. The third kappa shape index (κ3) is 4.19. The summed E-state index contributed by atoms with van der Waals surface area (Å²) in [7, 11) is -3.72. The largest absolute Gasteiger partial charge is 0.447 e. The Kier molecular flexibility index (Phi) is 4.76. The van der Waals surface area contributed by atoms with Gasteiger partial charge in [0, 0.05) is 0 Å². The van der Waals surface area contributed by atoms with Gasteiger partial charge in [-0.25, -0.2) is 13.2 Å². The van der Waals surface area contributed by atoms with Crippen molar-refractivity contribution in [3.8, 4) is 0 Å². The molecular formula is C18H18N2O4S. The topological polar surface area (TPSA) is 75.7 Å². The molecule has 1 saturated heterocycles. The molecule has 2 aromatic rings. The van der Waals surface area contributed by atoms with Crippen molar-refractivity contribution in [1.82, 2.24) is 0 Å². The molecule has 1 aliphatic heterocycles. The summed E-state index contributed by atoms with van der Waals surface area (Å²) in [6.07, 6.45) is 1.04. The molecule has 3 rings (SSSR count). The number of aryl methyl sites for hydroxylation is 1. The number of sulfonamides is 1. The lowest BCUT2D eigenvalue weighted by molar-refractivity contribution is 0.181. The van der Waals surface area contributed by atoms with Gasteiger partial charge in [-0.15, -0.1) is 0 Å². The molecule has 0 unspecified atom stereocenters. The van der Waals surface area contributed by atoms with Crippen LogP contribution in [0.3, 0.4) is 0 Å². The van der Waals surface area contributed by atoms with Crippen molar-refractivity contribution in [2.24, 2.45) is 0 Å². The van der Waals surface area contributed by atoms with Gasteiger partial charge in [0.2, 0.25) is 0 Å². The van der Waals surface area contributed by atoms with Crippen molar-refractivity contribution in [2.45, 2.75) is 6.92 Å². The van der Waals surface area contributed by atoms with Crippen molar-refractivity contribution in [1.29, 1.82) is 0 Å². The number of cyclic esters (lactones) is 1. The number of nitrogens with one attached hydrogen (secondary N) is 1. The summed E-state index contributed by atoms with van der Waals surface area (Å²) in [4.78, 5) is 13.1. The number of hydrogen-bond acceptors (Lipinski definition) is 4. The number of anilines is 2. The molecule has 130 valence electrons. The molecule has 6 nitrogen and oxygen atoms in total. The van der Waals surface area contributed by atoms with E-state index in [2.05, 4.69) is 4.72 Å². The molecule has 0 aromatic heterocycles. The Hall–Kier alpha value is -2.80. The zero-order chi connectivity index (χ0) is 17.9. The van der Waals surface area contributed by atoms with Gasteiger partial charge in [0.25, 0.3) is 10.0 Å². The highest BCUT2D eigenvalue weighted by Crippen LogP contribution is 2.29.